The number of rotatable bonds is 0. The lowest BCUT2D eigenvalue weighted by Gasteiger charge is -2.15. The summed E-state index contributed by atoms with van der Waals surface area (Å²) in [5, 5.41) is 0.395. The van der Waals surface area contributed by atoms with Gasteiger partial charge >= 0.3 is 0 Å². The molecule has 0 aliphatic carbocycles. The van der Waals surface area contributed by atoms with E-state index in [9.17, 15) is 4.79 Å². The maximum atomic E-state index is 10.9. The molecule has 3 nitrogen and oxygen atoms in total. The highest BCUT2D eigenvalue weighted by atomic mass is 35.5. The third-order valence-corrected chi connectivity index (χ3v) is 1.90. The van der Waals surface area contributed by atoms with E-state index in [1.54, 1.807) is 12.3 Å². The molecule has 0 amide bonds. The number of aromatic nitrogens is 1. The molecule has 2 rings (SSSR count). The van der Waals surface area contributed by atoms with Crippen molar-refractivity contribution in [2.24, 2.45) is 0 Å². The van der Waals surface area contributed by atoms with Crippen LogP contribution in [0.25, 0.3) is 0 Å². The topological polar surface area (TPSA) is 39.2 Å². The molecule has 1 aliphatic heterocycles. The van der Waals surface area contributed by atoms with Gasteiger partial charge in [-0.2, -0.15) is 0 Å². The number of ether oxygens (including phenoxy) is 1. The van der Waals surface area contributed by atoms with Crippen molar-refractivity contribution in [2.45, 2.75) is 6.42 Å². The summed E-state index contributed by atoms with van der Waals surface area (Å²) in [5.74, 6) is 0.740. The zero-order valence-electron chi connectivity index (χ0n) is 6.21. The van der Waals surface area contributed by atoms with Crippen molar-refractivity contribution in [1.29, 1.82) is 0 Å². The number of hydrogen-bond donors (Lipinski definition) is 0. The van der Waals surface area contributed by atoms with Crippen LogP contribution in [0.15, 0.2) is 12.3 Å². The molecular weight excluding hydrogens is 178 g/mol. The van der Waals surface area contributed by atoms with Crippen molar-refractivity contribution in [3.63, 3.8) is 0 Å². The largest absolute Gasteiger partial charge is 0.484 e. The van der Waals surface area contributed by atoms with Gasteiger partial charge in [-0.25, -0.2) is 4.98 Å². The summed E-state index contributed by atoms with van der Waals surface area (Å²) in [7, 11) is 0. The highest BCUT2D eigenvalue weighted by Gasteiger charge is 2.16. The summed E-state index contributed by atoms with van der Waals surface area (Å²) in [6.07, 6.45) is 1.95. The van der Waals surface area contributed by atoms with E-state index in [1.165, 1.54) is 0 Å². The first-order valence-electron chi connectivity index (χ1n) is 3.54. The standard InChI is InChI=1S/C8H6ClNO2/c9-8-2-5-1-6(11)4-12-7(5)3-10-8/h2-3H,1,4H2. The third-order valence-electron chi connectivity index (χ3n) is 1.69. The van der Waals surface area contributed by atoms with Crippen LogP contribution in [-0.2, 0) is 11.2 Å². The van der Waals surface area contributed by atoms with E-state index in [0.29, 0.717) is 17.3 Å². The van der Waals surface area contributed by atoms with Gasteiger partial charge in [0, 0.05) is 12.0 Å². The highest BCUT2D eigenvalue weighted by Crippen LogP contribution is 2.24. The minimum Gasteiger partial charge on any atom is -0.484 e. The molecule has 1 aliphatic rings. The fourth-order valence-electron chi connectivity index (χ4n) is 1.15. The third kappa shape index (κ3) is 1.28. The van der Waals surface area contributed by atoms with E-state index in [-0.39, 0.29) is 12.4 Å². The highest BCUT2D eigenvalue weighted by molar-refractivity contribution is 6.29. The summed E-state index contributed by atoms with van der Waals surface area (Å²) in [4.78, 5) is 14.8. The quantitative estimate of drug-likeness (QED) is 0.568. The Labute approximate surface area is 74.3 Å². The van der Waals surface area contributed by atoms with E-state index in [1.807, 2.05) is 0 Å². The maximum Gasteiger partial charge on any atom is 0.174 e. The van der Waals surface area contributed by atoms with E-state index < -0.39 is 0 Å². The fraction of sp³-hybridized carbons (Fsp3) is 0.250. The second kappa shape index (κ2) is 2.75. The number of fused-ring (bicyclic) bond motifs is 1. The first-order valence-corrected chi connectivity index (χ1v) is 3.92. The van der Waals surface area contributed by atoms with Crippen LogP contribution in [0, 0.1) is 0 Å². The number of halogens is 1. The van der Waals surface area contributed by atoms with Gasteiger partial charge in [0.2, 0.25) is 0 Å². The molecule has 0 aromatic carbocycles. The predicted octanol–water partition coefficient (Wildman–Crippen LogP) is 1.24. The average Bonchev–Trinajstić information content (AvgIpc) is 2.03. The van der Waals surface area contributed by atoms with Gasteiger partial charge in [0.15, 0.2) is 5.78 Å². The molecule has 0 N–H and O–H groups in total. The number of carbonyl (C=O) groups is 1. The van der Waals surface area contributed by atoms with Gasteiger partial charge in [0.25, 0.3) is 0 Å². The lowest BCUT2D eigenvalue weighted by Crippen LogP contribution is -2.20. The Morgan fingerprint density at radius 2 is 2.42 bits per heavy atom. The van der Waals surface area contributed by atoms with E-state index in [4.69, 9.17) is 16.3 Å². The molecule has 0 spiro atoms. The first-order chi connectivity index (χ1) is 5.75. The zero-order valence-corrected chi connectivity index (χ0v) is 6.97. The van der Waals surface area contributed by atoms with Crippen molar-refractivity contribution >= 4 is 17.4 Å². The van der Waals surface area contributed by atoms with Gasteiger partial charge < -0.3 is 4.74 Å². The van der Waals surface area contributed by atoms with Crippen molar-refractivity contribution in [1.82, 2.24) is 4.98 Å². The number of Topliss-reactive ketones (excluding diaryl/α,β-unsaturated/α-hetero) is 1. The van der Waals surface area contributed by atoms with Crippen LogP contribution in [0.2, 0.25) is 5.15 Å². The lowest BCUT2D eigenvalue weighted by molar-refractivity contribution is -0.121. The summed E-state index contributed by atoms with van der Waals surface area (Å²) >= 11 is 5.65. The van der Waals surface area contributed by atoms with Gasteiger partial charge in [-0.15, -0.1) is 0 Å². The summed E-state index contributed by atoms with van der Waals surface area (Å²) < 4.78 is 5.12. The number of carbonyl (C=O) groups excluding carboxylic acids is 1. The zero-order chi connectivity index (χ0) is 8.55. The summed E-state index contributed by atoms with van der Waals surface area (Å²) in [5.41, 5.74) is 0.825. The number of pyridine rings is 1. The molecule has 0 saturated heterocycles. The van der Waals surface area contributed by atoms with Gasteiger partial charge in [-0.1, -0.05) is 11.6 Å². The molecule has 4 heteroatoms. The Balaban J connectivity index is 2.44. The maximum absolute atomic E-state index is 10.9. The summed E-state index contributed by atoms with van der Waals surface area (Å²) in [6, 6.07) is 1.66. The Morgan fingerprint density at radius 3 is 3.25 bits per heavy atom. The fourth-order valence-corrected chi connectivity index (χ4v) is 1.33. The molecule has 0 unspecified atom stereocenters. The van der Waals surface area contributed by atoms with Crippen molar-refractivity contribution in [3.05, 3.63) is 23.0 Å². The van der Waals surface area contributed by atoms with Crippen LogP contribution in [-0.4, -0.2) is 17.4 Å². The molecule has 0 atom stereocenters. The Bertz CT molecular complexity index is 338. The number of ketones is 1. The monoisotopic (exact) mass is 183 g/mol. The van der Waals surface area contributed by atoms with Gasteiger partial charge in [-0.3, -0.25) is 4.79 Å². The molecule has 1 aromatic rings. The molecule has 62 valence electrons. The molecule has 2 heterocycles. The molecule has 0 fully saturated rings. The second-order valence-corrected chi connectivity index (χ2v) is 3.01. The van der Waals surface area contributed by atoms with Gasteiger partial charge in [-0.05, 0) is 6.07 Å². The minimum absolute atomic E-state index is 0.0739. The van der Waals surface area contributed by atoms with E-state index >= 15 is 0 Å². The van der Waals surface area contributed by atoms with Gasteiger partial charge in [0.05, 0.1) is 6.20 Å². The van der Waals surface area contributed by atoms with Crippen LogP contribution in [0.4, 0.5) is 0 Å². The molecule has 1 aromatic heterocycles. The Kier molecular flexibility index (Phi) is 1.73. The first kappa shape index (κ1) is 7.55. The molecule has 0 radical (unpaired) electrons. The van der Waals surface area contributed by atoms with E-state index in [0.717, 1.165) is 5.56 Å². The SMILES string of the molecule is O=C1COc2cnc(Cl)cc2C1. The van der Waals surface area contributed by atoms with Crippen LogP contribution in [0.5, 0.6) is 5.75 Å². The van der Waals surface area contributed by atoms with Crippen LogP contribution in [0.3, 0.4) is 0 Å². The lowest BCUT2D eigenvalue weighted by atomic mass is 10.1. The molecular formula is C8H6ClNO2. The van der Waals surface area contributed by atoms with Crippen molar-refractivity contribution < 1.29 is 9.53 Å². The van der Waals surface area contributed by atoms with Crippen molar-refractivity contribution in [3.8, 4) is 5.75 Å². The second-order valence-electron chi connectivity index (χ2n) is 2.62. The normalized spacial score (nSPS) is 15.2. The Morgan fingerprint density at radius 1 is 1.58 bits per heavy atom. The van der Waals surface area contributed by atoms with Crippen LogP contribution in [0.1, 0.15) is 5.56 Å². The molecule has 0 bridgehead atoms. The minimum atomic E-state index is 0.0739. The molecule has 12 heavy (non-hydrogen) atoms. The van der Waals surface area contributed by atoms with Crippen LogP contribution >= 0.6 is 11.6 Å². The number of hydrogen-bond acceptors (Lipinski definition) is 3. The predicted molar refractivity (Wildman–Crippen MR) is 43.5 cm³/mol. The Hall–Kier alpha value is -1.09. The van der Waals surface area contributed by atoms with Crippen molar-refractivity contribution in [2.75, 3.05) is 6.61 Å². The van der Waals surface area contributed by atoms with E-state index in [2.05, 4.69) is 4.98 Å². The smallest absolute Gasteiger partial charge is 0.174 e. The van der Waals surface area contributed by atoms with Gasteiger partial charge in [0.1, 0.15) is 17.5 Å². The average molecular weight is 184 g/mol. The molecule has 0 saturated carbocycles. The van der Waals surface area contributed by atoms with Crippen LogP contribution < -0.4 is 4.74 Å². The summed E-state index contributed by atoms with van der Waals surface area (Å²) in [6.45, 7) is 0.149. The number of nitrogens with zero attached hydrogens (tertiary/aromatic N) is 1.